The molecule has 0 radical (unpaired) electrons. The fraction of sp³-hybridized carbons (Fsp3) is 0.143. The lowest BCUT2D eigenvalue weighted by Gasteiger charge is -2.19. The highest BCUT2D eigenvalue weighted by molar-refractivity contribution is 7.27. The fourth-order valence-corrected chi connectivity index (χ4v) is 1.29. The molecule has 1 aromatic rings. The summed E-state index contributed by atoms with van der Waals surface area (Å²) in [5.74, 6) is 0. The molecular weight excluding hydrogens is 159 g/mol. The molecule has 1 aliphatic heterocycles. The van der Waals surface area contributed by atoms with Gasteiger partial charge in [0.25, 0.3) is 0 Å². The van der Waals surface area contributed by atoms with Crippen molar-refractivity contribution in [2.45, 2.75) is 0 Å². The topological polar surface area (TPSA) is 33.3 Å². The second-order valence-electron chi connectivity index (χ2n) is 2.37. The molecule has 11 heavy (non-hydrogen) atoms. The van der Waals surface area contributed by atoms with Gasteiger partial charge in [0.1, 0.15) is 6.73 Å². The van der Waals surface area contributed by atoms with Crippen LogP contribution in [0.1, 0.15) is 0 Å². The van der Waals surface area contributed by atoms with Gasteiger partial charge in [0.2, 0.25) is 0 Å². The minimum absolute atomic E-state index is 0.515. The van der Waals surface area contributed by atoms with Gasteiger partial charge in [-0.05, 0) is 17.4 Å². The first-order chi connectivity index (χ1) is 5.36. The van der Waals surface area contributed by atoms with Gasteiger partial charge >= 0.3 is 0 Å². The quantitative estimate of drug-likeness (QED) is 0.565. The van der Waals surface area contributed by atoms with E-state index >= 15 is 0 Å². The monoisotopic (exact) mass is 168 g/mol. The summed E-state index contributed by atoms with van der Waals surface area (Å²) < 4.78 is 0. The van der Waals surface area contributed by atoms with Crippen molar-refractivity contribution < 1.29 is 4.84 Å². The Labute approximate surface area is 67.3 Å². The summed E-state index contributed by atoms with van der Waals surface area (Å²) >= 11 is 0. The Balaban J connectivity index is 2.43. The van der Waals surface area contributed by atoms with Crippen molar-refractivity contribution in [3.05, 3.63) is 18.2 Å². The number of nitrogens with one attached hydrogen (secondary N) is 2. The van der Waals surface area contributed by atoms with E-state index in [1.165, 1.54) is 5.30 Å². The van der Waals surface area contributed by atoms with Crippen LogP contribution in [0.4, 0.5) is 11.4 Å². The molecule has 0 amide bonds. The van der Waals surface area contributed by atoms with E-state index in [9.17, 15) is 0 Å². The Bertz CT molecular complexity index is 277. The molecule has 1 heterocycles. The third kappa shape index (κ3) is 1.30. The third-order valence-electron chi connectivity index (χ3n) is 1.56. The van der Waals surface area contributed by atoms with Crippen LogP contribution in [-0.4, -0.2) is 6.73 Å². The minimum Gasteiger partial charge on any atom is -0.359 e. The van der Waals surface area contributed by atoms with E-state index < -0.39 is 0 Å². The number of fused-ring (bicyclic) bond motifs is 1. The Morgan fingerprint density at radius 2 is 2.27 bits per heavy atom. The van der Waals surface area contributed by atoms with E-state index in [4.69, 9.17) is 4.84 Å². The van der Waals surface area contributed by atoms with Crippen molar-refractivity contribution in [2.24, 2.45) is 0 Å². The highest BCUT2D eigenvalue weighted by Gasteiger charge is 2.06. The van der Waals surface area contributed by atoms with Crippen LogP contribution >= 0.6 is 9.24 Å². The molecule has 1 unspecified atom stereocenters. The van der Waals surface area contributed by atoms with Crippen LogP contribution in [0.25, 0.3) is 0 Å². The molecule has 0 saturated carbocycles. The number of hydrogen-bond donors (Lipinski definition) is 2. The maximum Gasteiger partial charge on any atom is 0.144 e. The smallest absolute Gasteiger partial charge is 0.144 e. The number of benzene rings is 1. The molecule has 58 valence electrons. The summed E-state index contributed by atoms with van der Waals surface area (Å²) in [6.45, 7) is 0.515. The van der Waals surface area contributed by atoms with Crippen LogP contribution in [0, 0.1) is 0 Å². The van der Waals surface area contributed by atoms with Gasteiger partial charge in [-0.3, -0.25) is 10.3 Å². The lowest BCUT2D eigenvalue weighted by Crippen LogP contribution is -2.18. The van der Waals surface area contributed by atoms with Gasteiger partial charge in [0.15, 0.2) is 0 Å². The maximum atomic E-state index is 4.97. The second-order valence-corrected chi connectivity index (χ2v) is 3.04. The van der Waals surface area contributed by atoms with Crippen LogP contribution in [0.15, 0.2) is 18.2 Å². The normalized spacial score (nSPS) is 14.6. The standard InChI is InChI=1S/C7H9N2OP/c11-5-1-2-6-7(3-5)8-4-10-9-6/h1-3,8-9H,4,11H2. The lowest BCUT2D eigenvalue weighted by molar-refractivity contribution is 0.209. The predicted octanol–water partition coefficient (Wildman–Crippen LogP) is 0.913. The van der Waals surface area contributed by atoms with Gasteiger partial charge in [0.05, 0.1) is 11.4 Å². The average molecular weight is 168 g/mol. The van der Waals surface area contributed by atoms with E-state index in [-0.39, 0.29) is 0 Å². The zero-order valence-electron chi connectivity index (χ0n) is 5.92. The van der Waals surface area contributed by atoms with Crippen LogP contribution in [0.5, 0.6) is 0 Å². The number of anilines is 2. The van der Waals surface area contributed by atoms with Crippen LogP contribution < -0.4 is 16.1 Å². The molecule has 0 spiro atoms. The Kier molecular flexibility index (Phi) is 1.68. The Hall–Kier alpha value is -0.790. The van der Waals surface area contributed by atoms with Gasteiger partial charge in [-0.2, -0.15) is 0 Å². The van der Waals surface area contributed by atoms with Gasteiger partial charge in [-0.1, -0.05) is 6.07 Å². The van der Waals surface area contributed by atoms with Crippen molar-refractivity contribution in [3.63, 3.8) is 0 Å². The summed E-state index contributed by atoms with van der Waals surface area (Å²) in [6.07, 6.45) is 0. The lowest BCUT2D eigenvalue weighted by atomic mass is 10.2. The largest absolute Gasteiger partial charge is 0.359 e. The zero-order valence-corrected chi connectivity index (χ0v) is 7.08. The van der Waals surface area contributed by atoms with Crippen molar-refractivity contribution in [1.82, 2.24) is 0 Å². The van der Waals surface area contributed by atoms with E-state index in [2.05, 4.69) is 26.1 Å². The molecule has 2 rings (SSSR count). The molecule has 0 bridgehead atoms. The summed E-state index contributed by atoms with van der Waals surface area (Å²) in [5.41, 5.74) is 4.89. The van der Waals surface area contributed by atoms with E-state index in [0.29, 0.717) is 6.73 Å². The maximum absolute atomic E-state index is 4.97. The van der Waals surface area contributed by atoms with Crippen LogP contribution in [-0.2, 0) is 4.84 Å². The van der Waals surface area contributed by atoms with Crippen molar-refractivity contribution in [3.8, 4) is 0 Å². The molecule has 1 aliphatic rings. The summed E-state index contributed by atoms with van der Waals surface area (Å²) in [4.78, 5) is 4.97. The molecule has 1 aromatic carbocycles. The third-order valence-corrected chi connectivity index (χ3v) is 1.92. The molecule has 1 atom stereocenters. The van der Waals surface area contributed by atoms with Gasteiger partial charge < -0.3 is 5.32 Å². The van der Waals surface area contributed by atoms with Gasteiger partial charge in [-0.25, -0.2) is 0 Å². The molecule has 0 aliphatic carbocycles. The second kappa shape index (κ2) is 2.68. The Morgan fingerprint density at radius 1 is 1.36 bits per heavy atom. The first-order valence-corrected chi connectivity index (χ1v) is 3.95. The van der Waals surface area contributed by atoms with Gasteiger partial charge in [0, 0.05) is 0 Å². The number of rotatable bonds is 0. The summed E-state index contributed by atoms with van der Waals surface area (Å²) in [7, 11) is 2.65. The minimum atomic E-state index is 0.515. The van der Waals surface area contributed by atoms with E-state index in [1.807, 2.05) is 12.1 Å². The highest BCUT2D eigenvalue weighted by atomic mass is 31.0. The Morgan fingerprint density at radius 3 is 3.18 bits per heavy atom. The van der Waals surface area contributed by atoms with Crippen LogP contribution in [0.2, 0.25) is 0 Å². The SMILES string of the molecule is Pc1ccc2c(c1)NCON2. The van der Waals surface area contributed by atoms with E-state index in [1.54, 1.807) is 0 Å². The summed E-state index contributed by atoms with van der Waals surface area (Å²) in [5, 5.41) is 4.27. The molecule has 0 fully saturated rings. The van der Waals surface area contributed by atoms with Crippen LogP contribution in [0.3, 0.4) is 0 Å². The van der Waals surface area contributed by atoms with Crippen molar-refractivity contribution >= 4 is 25.9 Å². The molecule has 2 N–H and O–H groups in total. The number of hydrogen-bond acceptors (Lipinski definition) is 3. The van der Waals surface area contributed by atoms with Crippen molar-refractivity contribution in [1.29, 1.82) is 0 Å². The first kappa shape index (κ1) is 6.89. The van der Waals surface area contributed by atoms with Gasteiger partial charge in [-0.15, -0.1) is 9.24 Å². The average Bonchev–Trinajstić information content (AvgIpc) is 2.04. The van der Waals surface area contributed by atoms with E-state index in [0.717, 1.165) is 11.4 Å². The molecule has 0 aromatic heterocycles. The molecule has 3 nitrogen and oxygen atoms in total. The molecule has 4 heteroatoms. The highest BCUT2D eigenvalue weighted by Crippen LogP contribution is 2.22. The van der Waals surface area contributed by atoms with Crippen molar-refractivity contribution in [2.75, 3.05) is 17.5 Å². The summed E-state index contributed by atoms with van der Waals surface area (Å²) in [6, 6.07) is 6.03. The molecule has 0 saturated heterocycles. The predicted molar refractivity (Wildman–Crippen MR) is 49.0 cm³/mol. The fourth-order valence-electron chi connectivity index (χ4n) is 1.02. The molecular formula is C7H9N2OP. The zero-order chi connectivity index (χ0) is 7.68. The first-order valence-electron chi connectivity index (χ1n) is 3.37.